The number of ether oxygens (including phenoxy) is 1. The molecule has 0 atom stereocenters. The molecule has 1 amide bonds. The van der Waals surface area contributed by atoms with Crippen LogP contribution in [0, 0.1) is 6.92 Å². The number of aromatic nitrogens is 1. The smallest absolute Gasteiger partial charge is 0.265 e. The van der Waals surface area contributed by atoms with Gasteiger partial charge in [-0.25, -0.2) is 4.98 Å². The van der Waals surface area contributed by atoms with Gasteiger partial charge in [0.2, 0.25) is 0 Å². The number of fused-ring (bicyclic) bond motifs is 1. The zero-order valence-electron chi connectivity index (χ0n) is 13.5. The average molecular weight is 415 g/mol. The van der Waals surface area contributed by atoms with Crippen LogP contribution in [-0.4, -0.2) is 17.5 Å². The van der Waals surface area contributed by atoms with Crippen LogP contribution in [0.15, 0.2) is 52.3 Å². The van der Waals surface area contributed by atoms with Crippen LogP contribution in [0.4, 0.5) is 5.69 Å². The van der Waals surface area contributed by atoms with E-state index in [2.05, 4.69) is 20.9 Å². The number of anilines is 1. The Morgan fingerprint density at radius 1 is 1.24 bits per heavy atom. The van der Waals surface area contributed by atoms with E-state index >= 15 is 0 Å². The Labute approximate surface area is 158 Å². The molecule has 126 valence electrons. The third-order valence-corrected chi connectivity index (χ3v) is 5.37. The minimum atomic E-state index is -0.0398. The first-order valence-electron chi connectivity index (χ1n) is 7.84. The second kappa shape index (κ2) is 6.61. The first-order valence-corrected chi connectivity index (χ1v) is 9.51. The molecule has 0 fully saturated rings. The van der Waals surface area contributed by atoms with Crippen LogP contribution in [0.5, 0.6) is 5.75 Å². The third-order valence-electron chi connectivity index (χ3n) is 4.07. The quantitative estimate of drug-likeness (QED) is 0.617. The van der Waals surface area contributed by atoms with E-state index in [4.69, 9.17) is 4.74 Å². The molecule has 1 aliphatic rings. The summed E-state index contributed by atoms with van der Waals surface area (Å²) in [5.74, 6) is 0.689. The number of rotatable bonds is 3. The summed E-state index contributed by atoms with van der Waals surface area (Å²) in [6.45, 7) is 2.57. The molecule has 1 aliphatic heterocycles. The lowest BCUT2D eigenvalue weighted by Gasteiger charge is -2.30. The van der Waals surface area contributed by atoms with Gasteiger partial charge in [-0.15, -0.1) is 11.3 Å². The Morgan fingerprint density at radius 2 is 2.04 bits per heavy atom. The molecule has 0 unspecified atom stereocenters. The molecule has 0 N–H and O–H groups in total. The summed E-state index contributed by atoms with van der Waals surface area (Å²) in [5, 5.41) is 3.05. The Kier molecular flexibility index (Phi) is 4.31. The first kappa shape index (κ1) is 16.3. The van der Waals surface area contributed by atoms with Gasteiger partial charge in [0.05, 0.1) is 22.9 Å². The zero-order valence-corrected chi connectivity index (χ0v) is 15.9. The molecule has 25 heavy (non-hydrogen) atoms. The van der Waals surface area contributed by atoms with Gasteiger partial charge in [0.15, 0.2) is 6.61 Å². The first-order chi connectivity index (χ1) is 12.1. The molecule has 4 nitrogen and oxygen atoms in total. The van der Waals surface area contributed by atoms with Crippen LogP contribution in [0.3, 0.4) is 0 Å². The highest BCUT2D eigenvalue weighted by Gasteiger charge is 2.26. The van der Waals surface area contributed by atoms with E-state index in [9.17, 15) is 4.79 Å². The molecule has 0 aliphatic carbocycles. The van der Waals surface area contributed by atoms with Gasteiger partial charge in [-0.1, -0.05) is 28.1 Å². The van der Waals surface area contributed by atoms with Crippen LogP contribution in [0.2, 0.25) is 0 Å². The van der Waals surface area contributed by atoms with Crippen molar-refractivity contribution < 1.29 is 9.53 Å². The number of hydrogen-bond acceptors (Lipinski definition) is 4. The van der Waals surface area contributed by atoms with Crippen LogP contribution in [-0.2, 0) is 11.3 Å². The molecule has 4 rings (SSSR count). The Bertz CT molecular complexity index is 937. The number of halogens is 1. The van der Waals surface area contributed by atoms with Gasteiger partial charge in [-0.05, 0) is 42.8 Å². The van der Waals surface area contributed by atoms with Crippen molar-refractivity contribution in [3.8, 4) is 17.0 Å². The number of amides is 1. The molecule has 0 spiro atoms. The van der Waals surface area contributed by atoms with Gasteiger partial charge in [0.25, 0.3) is 5.91 Å². The lowest BCUT2D eigenvalue weighted by atomic mass is 10.1. The van der Waals surface area contributed by atoms with Crippen LogP contribution < -0.4 is 9.64 Å². The van der Waals surface area contributed by atoms with Gasteiger partial charge in [0.1, 0.15) is 5.75 Å². The summed E-state index contributed by atoms with van der Waals surface area (Å²) in [4.78, 5) is 18.8. The number of aryl methyl sites for hydroxylation is 1. The van der Waals surface area contributed by atoms with Gasteiger partial charge in [-0.3, -0.25) is 4.79 Å². The summed E-state index contributed by atoms with van der Waals surface area (Å²) in [5.41, 5.74) is 3.77. The molecular formula is C19H15BrN2O2S. The number of thiazole rings is 1. The number of nitrogens with zero attached hydrogens (tertiary/aromatic N) is 2. The van der Waals surface area contributed by atoms with E-state index in [-0.39, 0.29) is 12.5 Å². The van der Waals surface area contributed by atoms with E-state index in [1.54, 1.807) is 16.2 Å². The minimum Gasteiger partial charge on any atom is -0.482 e. The molecule has 0 bridgehead atoms. The monoisotopic (exact) mass is 414 g/mol. The maximum atomic E-state index is 12.5. The van der Waals surface area contributed by atoms with Crippen LogP contribution in [0.1, 0.15) is 10.6 Å². The van der Waals surface area contributed by atoms with Crippen molar-refractivity contribution in [2.45, 2.75) is 13.5 Å². The number of hydrogen-bond donors (Lipinski definition) is 0. The summed E-state index contributed by atoms with van der Waals surface area (Å²) in [6.07, 6.45) is 0. The summed E-state index contributed by atoms with van der Waals surface area (Å²) in [7, 11) is 0. The highest BCUT2D eigenvalue weighted by Crippen LogP contribution is 2.37. The van der Waals surface area contributed by atoms with Crippen LogP contribution in [0.25, 0.3) is 11.3 Å². The maximum absolute atomic E-state index is 12.5. The Balaban J connectivity index is 1.71. The molecule has 1 aromatic heterocycles. The largest absolute Gasteiger partial charge is 0.482 e. The summed E-state index contributed by atoms with van der Waals surface area (Å²) < 4.78 is 6.62. The molecule has 0 saturated heterocycles. The summed E-state index contributed by atoms with van der Waals surface area (Å²) in [6, 6.07) is 13.9. The zero-order chi connectivity index (χ0) is 17.4. The average Bonchev–Trinajstić information content (AvgIpc) is 3.05. The van der Waals surface area contributed by atoms with Gasteiger partial charge in [-0.2, -0.15) is 0 Å². The molecule has 2 aromatic carbocycles. The molecular weight excluding hydrogens is 400 g/mol. The highest BCUT2D eigenvalue weighted by molar-refractivity contribution is 9.10. The Morgan fingerprint density at radius 3 is 2.76 bits per heavy atom. The Hall–Kier alpha value is -2.18. The van der Waals surface area contributed by atoms with Gasteiger partial charge >= 0.3 is 0 Å². The fourth-order valence-corrected chi connectivity index (χ4v) is 3.69. The molecule has 2 heterocycles. The number of carbonyl (C=O) groups excluding carboxylic acids is 1. The SMILES string of the molecule is Cc1nc(-c2ccc3c(c2)N(Cc2ccc(Br)cc2)C(=O)CO3)cs1. The number of carbonyl (C=O) groups is 1. The van der Waals surface area contributed by atoms with Crippen molar-refractivity contribution in [2.75, 3.05) is 11.5 Å². The predicted octanol–water partition coefficient (Wildman–Crippen LogP) is 4.81. The van der Waals surface area contributed by atoms with E-state index in [1.165, 1.54) is 0 Å². The lowest BCUT2D eigenvalue weighted by Crippen LogP contribution is -2.38. The second-order valence-electron chi connectivity index (χ2n) is 5.83. The molecule has 0 radical (unpaired) electrons. The van der Waals surface area contributed by atoms with Crippen LogP contribution >= 0.6 is 27.3 Å². The lowest BCUT2D eigenvalue weighted by molar-refractivity contribution is -0.121. The van der Waals surface area contributed by atoms with Crippen molar-refractivity contribution in [1.29, 1.82) is 0 Å². The van der Waals surface area contributed by atoms with Crippen molar-refractivity contribution >= 4 is 38.9 Å². The van der Waals surface area contributed by atoms with Crippen molar-refractivity contribution in [2.24, 2.45) is 0 Å². The predicted molar refractivity (Wildman–Crippen MR) is 103 cm³/mol. The highest BCUT2D eigenvalue weighted by atomic mass is 79.9. The molecule has 6 heteroatoms. The third kappa shape index (κ3) is 3.32. The van der Waals surface area contributed by atoms with Gasteiger partial charge in [0, 0.05) is 15.4 Å². The fraction of sp³-hybridized carbons (Fsp3) is 0.158. The standard InChI is InChI=1S/C19H15BrN2O2S/c1-12-21-16(11-25-12)14-4-7-18-17(8-14)22(19(23)10-24-18)9-13-2-5-15(20)6-3-13/h2-8,11H,9-10H2,1H3. The van der Waals surface area contributed by atoms with Gasteiger partial charge < -0.3 is 9.64 Å². The molecule has 3 aromatic rings. The van der Waals surface area contributed by atoms with Crippen molar-refractivity contribution in [3.05, 3.63) is 62.9 Å². The van der Waals surface area contributed by atoms with E-state index in [1.807, 2.05) is 54.8 Å². The normalized spacial score (nSPS) is 13.5. The maximum Gasteiger partial charge on any atom is 0.265 e. The fourth-order valence-electron chi connectivity index (χ4n) is 2.80. The minimum absolute atomic E-state index is 0.0398. The van der Waals surface area contributed by atoms with Crippen molar-refractivity contribution in [1.82, 2.24) is 4.98 Å². The summed E-state index contributed by atoms with van der Waals surface area (Å²) >= 11 is 5.05. The van der Waals surface area contributed by atoms with E-state index in [0.717, 1.165) is 37.7 Å². The van der Waals surface area contributed by atoms with Crippen molar-refractivity contribution in [3.63, 3.8) is 0 Å². The topological polar surface area (TPSA) is 42.4 Å². The number of benzene rings is 2. The van der Waals surface area contributed by atoms with E-state index in [0.29, 0.717) is 6.54 Å². The van der Waals surface area contributed by atoms with E-state index < -0.39 is 0 Å². The second-order valence-corrected chi connectivity index (χ2v) is 7.81. The molecule has 0 saturated carbocycles.